The van der Waals surface area contributed by atoms with Gasteiger partial charge in [-0.2, -0.15) is 10.1 Å². The summed E-state index contributed by atoms with van der Waals surface area (Å²) in [4.78, 5) is 11.0. The maximum atomic E-state index is 5.64. The molecule has 4 aromatic rings. The van der Waals surface area contributed by atoms with Gasteiger partial charge in [0.25, 0.3) is 5.89 Å². The Morgan fingerprint density at radius 3 is 2.75 bits per heavy atom. The topological polar surface area (TPSA) is 93.0 Å². The number of aromatic amines is 1. The second-order valence-corrected chi connectivity index (χ2v) is 6.30. The van der Waals surface area contributed by atoms with Crippen LogP contribution in [0, 0.1) is 0 Å². The zero-order valence-electron chi connectivity index (χ0n) is 15.4. The summed E-state index contributed by atoms with van der Waals surface area (Å²) in [6, 6.07) is 13.4. The molecule has 0 spiro atoms. The van der Waals surface area contributed by atoms with Crippen LogP contribution in [0.2, 0.25) is 0 Å². The Bertz CT molecular complexity index is 983. The van der Waals surface area contributed by atoms with Crippen LogP contribution in [0.15, 0.2) is 65.6 Å². The molecule has 0 radical (unpaired) electrons. The van der Waals surface area contributed by atoms with Gasteiger partial charge in [-0.25, -0.2) is 4.98 Å². The highest BCUT2D eigenvalue weighted by Gasteiger charge is 2.11. The highest BCUT2D eigenvalue weighted by molar-refractivity contribution is 5.54. The first-order valence-electron chi connectivity index (χ1n) is 8.93. The number of pyridine rings is 1. The van der Waals surface area contributed by atoms with E-state index < -0.39 is 0 Å². The van der Waals surface area contributed by atoms with Crippen LogP contribution in [0.4, 0.5) is 5.82 Å². The molecule has 0 fully saturated rings. The van der Waals surface area contributed by atoms with Gasteiger partial charge in [-0.1, -0.05) is 23.4 Å². The molecule has 8 heteroatoms. The third-order valence-corrected chi connectivity index (χ3v) is 4.26. The van der Waals surface area contributed by atoms with Crippen LogP contribution in [-0.4, -0.2) is 38.9 Å². The normalized spacial score (nSPS) is 10.8. The maximum absolute atomic E-state index is 5.64. The molecule has 3 aromatic heterocycles. The van der Waals surface area contributed by atoms with Crippen molar-refractivity contribution in [2.24, 2.45) is 0 Å². The number of benzene rings is 1. The molecule has 3 heterocycles. The molecular weight excluding hydrogens is 356 g/mol. The van der Waals surface area contributed by atoms with Gasteiger partial charge >= 0.3 is 0 Å². The minimum Gasteiger partial charge on any atom is -0.485 e. The van der Waals surface area contributed by atoms with E-state index in [4.69, 9.17) is 9.26 Å². The number of nitrogens with zero attached hydrogens (tertiary/aromatic N) is 5. The average Bonchev–Trinajstić information content (AvgIpc) is 3.43. The van der Waals surface area contributed by atoms with Gasteiger partial charge in [-0.05, 0) is 36.2 Å². The molecule has 142 valence electrons. The van der Waals surface area contributed by atoms with Crippen molar-refractivity contribution in [3.63, 3.8) is 0 Å². The number of H-pyrrole nitrogens is 1. The molecule has 8 nitrogen and oxygen atoms in total. The molecule has 4 rings (SSSR count). The summed E-state index contributed by atoms with van der Waals surface area (Å²) in [5.74, 6) is 2.55. The van der Waals surface area contributed by atoms with Crippen molar-refractivity contribution >= 4 is 5.82 Å². The lowest BCUT2D eigenvalue weighted by Crippen LogP contribution is -2.21. The minimum absolute atomic E-state index is 0.246. The van der Waals surface area contributed by atoms with Crippen LogP contribution in [-0.2, 0) is 13.0 Å². The van der Waals surface area contributed by atoms with Gasteiger partial charge in [0, 0.05) is 26.0 Å². The van der Waals surface area contributed by atoms with Crippen LogP contribution < -0.4 is 9.64 Å². The molecule has 0 aliphatic heterocycles. The molecule has 0 amide bonds. The Kier molecular flexibility index (Phi) is 5.28. The maximum Gasteiger partial charge on any atom is 0.259 e. The van der Waals surface area contributed by atoms with Crippen molar-refractivity contribution in [3.05, 3.63) is 72.4 Å². The first kappa shape index (κ1) is 17.7. The SMILES string of the molecule is CN(CCc1cn[nH]c1)c1ccc(-c2nc(COc3ccccc3)no2)cn1. The molecule has 0 saturated heterocycles. The van der Waals surface area contributed by atoms with E-state index in [0.29, 0.717) is 11.7 Å². The Labute approximate surface area is 162 Å². The predicted molar refractivity (Wildman–Crippen MR) is 104 cm³/mol. The Balaban J connectivity index is 1.35. The van der Waals surface area contributed by atoms with Gasteiger partial charge in [-0.3, -0.25) is 5.10 Å². The van der Waals surface area contributed by atoms with Crippen molar-refractivity contribution < 1.29 is 9.26 Å². The summed E-state index contributed by atoms with van der Waals surface area (Å²) in [5, 5.41) is 10.7. The number of para-hydroxylation sites is 1. The molecule has 1 N–H and O–H groups in total. The lowest BCUT2D eigenvalue weighted by Gasteiger charge is -2.17. The van der Waals surface area contributed by atoms with Crippen LogP contribution in [0.5, 0.6) is 5.75 Å². The van der Waals surface area contributed by atoms with Crippen molar-refractivity contribution in [1.82, 2.24) is 25.3 Å². The number of rotatable bonds is 8. The fraction of sp³-hybridized carbons (Fsp3) is 0.200. The standard InChI is InChI=1S/C20H20N6O2/c1-26(10-9-15-11-22-23-12-15)19-8-7-16(13-21-19)20-24-18(25-28-20)14-27-17-5-3-2-4-6-17/h2-8,11-13H,9-10,14H2,1H3,(H,22,23). The lowest BCUT2D eigenvalue weighted by atomic mass is 10.2. The molecular formula is C20H20N6O2. The minimum atomic E-state index is 0.246. The largest absolute Gasteiger partial charge is 0.485 e. The molecule has 0 atom stereocenters. The number of aromatic nitrogens is 5. The third kappa shape index (κ3) is 4.35. The van der Waals surface area contributed by atoms with Crippen LogP contribution in [0.25, 0.3) is 11.5 Å². The quantitative estimate of drug-likeness (QED) is 0.505. The van der Waals surface area contributed by atoms with Crippen molar-refractivity contribution in [2.45, 2.75) is 13.0 Å². The molecule has 0 unspecified atom stereocenters. The summed E-state index contributed by atoms with van der Waals surface area (Å²) in [7, 11) is 2.01. The highest BCUT2D eigenvalue weighted by atomic mass is 16.5. The van der Waals surface area contributed by atoms with Gasteiger partial charge < -0.3 is 14.2 Å². The Hall–Kier alpha value is -3.68. The zero-order chi connectivity index (χ0) is 19.2. The van der Waals surface area contributed by atoms with E-state index in [2.05, 4.69) is 30.2 Å². The summed E-state index contributed by atoms with van der Waals surface area (Å²) in [5.41, 5.74) is 1.94. The smallest absolute Gasteiger partial charge is 0.259 e. The fourth-order valence-electron chi connectivity index (χ4n) is 2.66. The zero-order valence-corrected chi connectivity index (χ0v) is 15.4. The van der Waals surface area contributed by atoms with Gasteiger partial charge in [-0.15, -0.1) is 0 Å². The number of hydrogen-bond acceptors (Lipinski definition) is 7. The Morgan fingerprint density at radius 1 is 1.11 bits per heavy atom. The van der Waals surface area contributed by atoms with Gasteiger partial charge in [0.2, 0.25) is 5.82 Å². The van der Waals surface area contributed by atoms with E-state index in [1.54, 1.807) is 6.20 Å². The number of anilines is 1. The molecule has 28 heavy (non-hydrogen) atoms. The van der Waals surface area contributed by atoms with Crippen LogP contribution in [0.3, 0.4) is 0 Å². The second-order valence-electron chi connectivity index (χ2n) is 6.30. The van der Waals surface area contributed by atoms with Crippen LogP contribution >= 0.6 is 0 Å². The average molecular weight is 376 g/mol. The van der Waals surface area contributed by atoms with Crippen molar-refractivity contribution in [2.75, 3.05) is 18.5 Å². The van der Waals surface area contributed by atoms with E-state index in [-0.39, 0.29) is 6.61 Å². The summed E-state index contributed by atoms with van der Waals surface area (Å²) in [6.45, 7) is 1.09. The third-order valence-electron chi connectivity index (χ3n) is 4.26. The predicted octanol–water partition coefficient (Wildman–Crippen LogP) is 3.11. The lowest BCUT2D eigenvalue weighted by molar-refractivity contribution is 0.287. The van der Waals surface area contributed by atoms with Gasteiger partial charge in [0.15, 0.2) is 6.61 Å². The first-order chi connectivity index (χ1) is 13.8. The summed E-state index contributed by atoms with van der Waals surface area (Å²) in [6.07, 6.45) is 6.36. The van der Waals surface area contributed by atoms with Gasteiger partial charge in [0.05, 0.1) is 11.8 Å². The van der Waals surface area contributed by atoms with Gasteiger partial charge in [0.1, 0.15) is 11.6 Å². The molecule has 0 aliphatic rings. The Morgan fingerprint density at radius 2 is 2.00 bits per heavy atom. The fourth-order valence-corrected chi connectivity index (χ4v) is 2.66. The molecule has 0 saturated carbocycles. The van der Waals surface area contributed by atoms with E-state index in [0.717, 1.165) is 30.1 Å². The number of ether oxygens (including phenoxy) is 1. The molecule has 1 aromatic carbocycles. The number of hydrogen-bond donors (Lipinski definition) is 1. The van der Waals surface area contributed by atoms with E-state index in [1.165, 1.54) is 5.56 Å². The number of likely N-dealkylation sites (N-methyl/N-ethyl adjacent to an activating group) is 1. The van der Waals surface area contributed by atoms with Crippen molar-refractivity contribution in [1.29, 1.82) is 0 Å². The highest BCUT2D eigenvalue weighted by Crippen LogP contribution is 2.20. The summed E-state index contributed by atoms with van der Waals surface area (Å²) >= 11 is 0. The van der Waals surface area contributed by atoms with E-state index in [9.17, 15) is 0 Å². The molecule has 0 bridgehead atoms. The van der Waals surface area contributed by atoms with Crippen LogP contribution in [0.1, 0.15) is 11.4 Å². The first-order valence-corrected chi connectivity index (χ1v) is 8.93. The van der Waals surface area contributed by atoms with E-state index in [1.807, 2.05) is 61.9 Å². The second kappa shape index (κ2) is 8.34. The number of nitrogens with one attached hydrogen (secondary N) is 1. The van der Waals surface area contributed by atoms with E-state index >= 15 is 0 Å². The monoisotopic (exact) mass is 376 g/mol. The van der Waals surface area contributed by atoms with Crippen molar-refractivity contribution in [3.8, 4) is 17.2 Å². The molecule has 0 aliphatic carbocycles. The summed E-state index contributed by atoms with van der Waals surface area (Å²) < 4.78 is 11.0.